The van der Waals surface area contributed by atoms with Crippen LogP contribution in [0.15, 0.2) is 60.7 Å². The maximum absolute atomic E-state index is 13.3. The van der Waals surface area contributed by atoms with Crippen molar-refractivity contribution in [2.24, 2.45) is 11.7 Å². The number of esters is 1. The molecule has 3 rings (SSSR count). The lowest BCUT2D eigenvalue weighted by Crippen LogP contribution is -2.62. The van der Waals surface area contributed by atoms with E-state index in [0.29, 0.717) is 12.8 Å². The Kier molecular flexibility index (Phi) is 7.64. The van der Waals surface area contributed by atoms with Gasteiger partial charge >= 0.3 is 11.9 Å². The van der Waals surface area contributed by atoms with E-state index in [2.05, 4.69) is 0 Å². The number of benzene rings is 2. The van der Waals surface area contributed by atoms with Gasteiger partial charge in [0.05, 0.1) is 12.0 Å². The molecule has 1 saturated heterocycles. The first-order valence-corrected chi connectivity index (χ1v) is 10.9. The Labute approximate surface area is 188 Å². The summed E-state index contributed by atoms with van der Waals surface area (Å²) in [4.78, 5) is 40.1. The number of hydrogen-bond acceptors (Lipinski definition) is 5. The van der Waals surface area contributed by atoms with E-state index in [0.717, 1.165) is 11.1 Å². The molecule has 7 nitrogen and oxygen atoms in total. The zero-order valence-corrected chi connectivity index (χ0v) is 18.3. The number of aliphatic carboxylic acids is 1. The molecule has 0 aliphatic carbocycles. The smallest absolute Gasteiger partial charge is 0.330 e. The van der Waals surface area contributed by atoms with E-state index in [1.165, 1.54) is 11.8 Å². The van der Waals surface area contributed by atoms with Gasteiger partial charge in [0, 0.05) is 6.54 Å². The van der Waals surface area contributed by atoms with E-state index < -0.39 is 35.3 Å². The average Bonchev–Trinajstić information content (AvgIpc) is 3.24. The van der Waals surface area contributed by atoms with Crippen molar-refractivity contribution < 1.29 is 24.2 Å². The summed E-state index contributed by atoms with van der Waals surface area (Å²) < 4.78 is 5.58. The molecule has 0 spiro atoms. The molecular weight excluding hydrogens is 408 g/mol. The zero-order valence-electron chi connectivity index (χ0n) is 18.3. The van der Waals surface area contributed by atoms with Crippen LogP contribution in [0, 0.1) is 5.92 Å². The molecule has 32 heavy (non-hydrogen) atoms. The van der Waals surface area contributed by atoms with E-state index in [9.17, 15) is 19.5 Å². The number of rotatable bonds is 9. The number of aryl methyl sites for hydroxylation is 1. The van der Waals surface area contributed by atoms with Gasteiger partial charge in [-0.05, 0) is 43.7 Å². The summed E-state index contributed by atoms with van der Waals surface area (Å²) in [5.41, 5.74) is 5.93. The fraction of sp³-hybridized carbons (Fsp3) is 0.400. The number of ether oxygens (including phenoxy) is 1. The number of carboxylic acids is 1. The third-order valence-electron chi connectivity index (χ3n) is 6.10. The Morgan fingerprint density at radius 2 is 1.66 bits per heavy atom. The number of carbonyl (C=O) groups is 3. The third-order valence-corrected chi connectivity index (χ3v) is 6.10. The molecule has 3 N–H and O–H groups in total. The normalized spacial score (nSPS) is 19.9. The molecule has 0 bridgehead atoms. The summed E-state index contributed by atoms with van der Waals surface area (Å²) in [7, 11) is 0. The second-order valence-electron chi connectivity index (χ2n) is 8.28. The quantitative estimate of drug-likeness (QED) is 0.583. The van der Waals surface area contributed by atoms with Gasteiger partial charge in [-0.25, -0.2) is 4.79 Å². The van der Waals surface area contributed by atoms with Gasteiger partial charge < -0.3 is 20.5 Å². The molecule has 0 unspecified atom stereocenters. The van der Waals surface area contributed by atoms with Crippen LogP contribution in [-0.4, -0.2) is 46.0 Å². The minimum absolute atomic E-state index is 0.0401. The monoisotopic (exact) mass is 438 g/mol. The van der Waals surface area contributed by atoms with Crippen molar-refractivity contribution in [1.82, 2.24) is 4.90 Å². The van der Waals surface area contributed by atoms with Crippen molar-refractivity contribution in [3.05, 3.63) is 71.8 Å². The molecule has 0 radical (unpaired) electrons. The van der Waals surface area contributed by atoms with Gasteiger partial charge in [0.25, 0.3) is 0 Å². The maximum Gasteiger partial charge on any atom is 0.330 e. The van der Waals surface area contributed by atoms with Crippen LogP contribution in [0.5, 0.6) is 0 Å². The summed E-state index contributed by atoms with van der Waals surface area (Å²) in [6.45, 7) is 1.82. The molecule has 0 saturated carbocycles. The standard InChI is InChI=1S/C25H30N2O5/c1-18(26)22(28)27-16-8-15-25(27,24(30)31)21(14-13-19-9-4-2-5-10-19)23(29)32-17-20-11-6-3-7-12-20/h2-7,9-12,18,21H,8,13-17,26H2,1H3,(H,30,31)/t18-,21+,25+/m0/s1. The Morgan fingerprint density at radius 3 is 2.22 bits per heavy atom. The molecule has 2 aromatic rings. The topological polar surface area (TPSA) is 110 Å². The number of carboxylic acid groups (broad SMARTS) is 1. The highest BCUT2D eigenvalue weighted by atomic mass is 16.5. The van der Waals surface area contributed by atoms with Crippen molar-refractivity contribution in [1.29, 1.82) is 0 Å². The van der Waals surface area contributed by atoms with Gasteiger partial charge in [-0.2, -0.15) is 0 Å². The van der Waals surface area contributed by atoms with E-state index in [1.54, 1.807) is 0 Å². The highest BCUT2D eigenvalue weighted by Crippen LogP contribution is 2.40. The van der Waals surface area contributed by atoms with Gasteiger partial charge in [0.15, 0.2) is 5.54 Å². The molecule has 1 amide bonds. The summed E-state index contributed by atoms with van der Waals surface area (Å²) in [5, 5.41) is 10.3. The van der Waals surface area contributed by atoms with Crippen molar-refractivity contribution in [2.75, 3.05) is 6.54 Å². The minimum Gasteiger partial charge on any atom is -0.479 e. The van der Waals surface area contributed by atoms with Crippen LogP contribution in [0.2, 0.25) is 0 Å². The van der Waals surface area contributed by atoms with E-state index in [4.69, 9.17) is 10.5 Å². The van der Waals surface area contributed by atoms with Gasteiger partial charge in [0.2, 0.25) is 5.91 Å². The maximum atomic E-state index is 13.3. The summed E-state index contributed by atoms with van der Waals surface area (Å²) >= 11 is 0. The van der Waals surface area contributed by atoms with Crippen molar-refractivity contribution >= 4 is 17.8 Å². The van der Waals surface area contributed by atoms with Gasteiger partial charge in [-0.1, -0.05) is 60.7 Å². The molecule has 7 heteroatoms. The third kappa shape index (κ3) is 4.99. The van der Waals surface area contributed by atoms with Crippen molar-refractivity contribution in [3.63, 3.8) is 0 Å². The summed E-state index contributed by atoms with van der Waals surface area (Å²) in [6.07, 6.45) is 1.40. The minimum atomic E-state index is -1.67. The molecule has 3 atom stereocenters. The average molecular weight is 439 g/mol. The highest BCUT2D eigenvalue weighted by molar-refractivity contribution is 5.94. The lowest BCUT2D eigenvalue weighted by Gasteiger charge is -2.40. The Bertz CT molecular complexity index is 932. The van der Waals surface area contributed by atoms with Crippen molar-refractivity contribution in [2.45, 2.75) is 50.8 Å². The fourth-order valence-corrected chi connectivity index (χ4v) is 4.46. The van der Waals surface area contributed by atoms with Crippen LogP contribution >= 0.6 is 0 Å². The van der Waals surface area contributed by atoms with Crippen LogP contribution in [0.1, 0.15) is 37.3 Å². The summed E-state index contributed by atoms with van der Waals surface area (Å²) in [5.74, 6) is -3.30. The number of carbonyl (C=O) groups excluding carboxylic acids is 2. The SMILES string of the molecule is C[C@H](N)C(=O)N1CCC[C@]1(C(=O)O)[C@H](CCc1ccccc1)C(=O)OCc1ccccc1. The first-order valence-electron chi connectivity index (χ1n) is 10.9. The molecule has 0 aromatic heterocycles. The number of likely N-dealkylation sites (tertiary alicyclic amines) is 1. The van der Waals surface area contributed by atoms with Crippen LogP contribution in [0.25, 0.3) is 0 Å². The van der Waals surface area contributed by atoms with Crippen LogP contribution in [0.4, 0.5) is 0 Å². The molecule has 1 fully saturated rings. The Morgan fingerprint density at radius 1 is 1.06 bits per heavy atom. The van der Waals surface area contributed by atoms with E-state index in [1.807, 2.05) is 60.7 Å². The zero-order chi connectivity index (χ0) is 23.1. The van der Waals surface area contributed by atoms with Gasteiger partial charge in [-0.3, -0.25) is 9.59 Å². The first-order chi connectivity index (χ1) is 15.4. The molecule has 1 aliphatic heterocycles. The van der Waals surface area contributed by atoms with Crippen LogP contribution in [0.3, 0.4) is 0 Å². The van der Waals surface area contributed by atoms with Crippen molar-refractivity contribution in [3.8, 4) is 0 Å². The summed E-state index contributed by atoms with van der Waals surface area (Å²) in [6, 6.07) is 17.9. The largest absolute Gasteiger partial charge is 0.479 e. The first kappa shape index (κ1) is 23.5. The predicted octanol–water partition coefficient (Wildman–Crippen LogP) is 2.77. The Hall–Kier alpha value is -3.19. The molecule has 1 aliphatic rings. The van der Waals surface area contributed by atoms with Gasteiger partial charge in [-0.15, -0.1) is 0 Å². The highest BCUT2D eigenvalue weighted by Gasteiger charge is 2.58. The number of hydrogen-bond donors (Lipinski definition) is 2. The molecular formula is C25H30N2O5. The van der Waals surface area contributed by atoms with E-state index in [-0.39, 0.29) is 26.0 Å². The Balaban J connectivity index is 1.91. The molecule has 1 heterocycles. The second kappa shape index (κ2) is 10.4. The number of nitrogens with two attached hydrogens (primary N) is 1. The van der Waals surface area contributed by atoms with Crippen LogP contribution < -0.4 is 5.73 Å². The van der Waals surface area contributed by atoms with E-state index >= 15 is 0 Å². The number of amides is 1. The lowest BCUT2D eigenvalue weighted by molar-refractivity contribution is -0.171. The second-order valence-corrected chi connectivity index (χ2v) is 8.28. The lowest BCUT2D eigenvalue weighted by atomic mass is 9.77. The number of nitrogens with zero attached hydrogens (tertiary/aromatic N) is 1. The van der Waals surface area contributed by atoms with Crippen LogP contribution in [-0.2, 0) is 32.1 Å². The van der Waals surface area contributed by atoms with Gasteiger partial charge in [0.1, 0.15) is 6.61 Å². The molecule has 170 valence electrons. The molecule has 2 aromatic carbocycles. The predicted molar refractivity (Wildman–Crippen MR) is 119 cm³/mol. The fourth-order valence-electron chi connectivity index (χ4n) is 4.46.